The average Bonchev–Trinajstić information content (AvgIpc) is 3.17. The lowest BCUT2D eigenvalue weighted by molar-refractivity contribution is -0.132. The van der Waals surface area contributed by atoms with Crippen LogP contribution in [0.3, 0.4) is 0 Å². The van der Waals surface area contributed by atoms with Gasteiger partial charge in [0, 0.05) is 10.9 Å². The van der Waals surface area contributed by atoms with Crippen LogP contribution < -0.4 is 9.64 Å². The highest BCUT2D eigenvalue weighted by atomic mass is 16.5. The van der Waals surface area contributed by atoms with Gasteiger partial charge in [0.05, 0.1) is 24.4 Å². The number of benzene rings is 4. The number of hydrogen-bond donors (Lipinski definition) is 1. The molecule has 0 bridgehead atoms. The lowest BCUT2D eigenvalue weighted by Gasteiger charge is -2.27. The third-order valence-corrected chi connectivity index (χ3v) is 7.25. The van der Waals surface area contributed by atoms with Crippen LogP contribution in [0.15, 0.2) is 90.5 Å². The first-order valence-electron chi connectivity index (χ1n) is 12.7. The number of hydrogen-bond acceptors (Lipinski definition) is 4. The zero-order valence-corrected chi connectivity index (χ0v) is 22.3. The lowest BCUT2D eigenvalue weighted by atomic mass is 9.85. The smallest absolute Gasteiger partial charge is 0.300 e. The molecule has 4 aromatic rings. The van der Waals surface area contributed by atoms with E-state index >= 15 is 0 Å². The molecule has 0 aliphatic carbocycles. The number of carbonyl (C=O) groups is 2. The summed E-state index contributed by atoms with van der Waals surface area (Å²) in [5.41, 5.74) is 3.74. The molecule has 5 rings (SSSR count). The Kier molecular flexibility index (Phi) is 6.31. The molecule has 1 amide bonds. The lowest BCUT2D eigenvalue weighted by Crippen LogP contribution is -2.29. The Morgan fingerprint density at radius 3 is 2.24 bits per heavy atom. The highest BCUT2D eigenvalue weighted by Crippen LogP contribution is 2.45. The molecule has 0 spiro atoms. The second kappa shape index (κ2) is 9.49. The van der Waals surface area contributed by atoms with Gasteiger partial charge in [-0.2, -0.15) is 0 Å². The second-order valence-electron chi connectivity index (χ2n) is 10.7. The van der Waals surface area contributed by atoms with Crippen LogP contribution in [0.4, 0.5) is 5.69 Å². The van der Waals surface area contributed by atoms with Crippen molar-refractivity contribution in [3.05, 3.63) is 113 Å². The zero-order chi connectivity index (χ0) is 27.2. The molecule has 1 unspecified atom stereocenters. The van der Waals surface area contributed by atoms with Gasteiger partial charge in [-0.25, -0.2) is 0 Å². The number of amides is 1. The Balaban J connectivity index is 1.76. The van der Waals surface area contributed by atoms with Gasteiger partial charge < -0.3 is 9.84 Å². The third kappa shape index (κ3) is 4.24. The molecule has 192 valence electrons. The zero-order valence-electron chi connectivity index (χ0n) is 22.3. The van der Waals surface area contributed by atoms with E-state index in [2.05, 4.69) is 20.8 Å². The maximum atomic E-state index is 13.7. The number of aliphatic hydroxyl groups is 1. The SMILES string of the molecule is COc1ccc(/C(O)=C2\C(=O)C(=O)N(c3cccc4ccccc34)C2c2ccc(C(C)(C)C)cc2)c(C)c1. The highest BCUT2D eigenvalue weighted by Gasteiger charge is 2.47. The fraction of sp³-hybridized carbons (Fsp3) is 0.212. The molecule has 1 heterocycles. The Labute approximate surface area is 223 Å². The van der Waals surface area contributed by atoms with E-state index in [0.717, 1.165) is 27.5 Å². The van der Waals surface area contributed by atoms with Crippen molar-refractivity contribution < 1.29 is 19.4 Å². The van der Waals surface area contributed by atoms with Crippen molar-refractivity contribution in [1.29, 1.82) is 0 Å². The van der Waals surface area contributed by atoms with Gasteiger partial charge in [-0.05, 0) is 58.7 Å². The number of methoxy groups -OCH3 is 1. The van der Waals surface area contributed by atoms with Crippen molar-refractivity contribution in [2.75, 3.05) is 12.0 Å². The first kappa shape index (κ1) is 25.3. The molecule has 4 aromatic carbocycles. The molecule has 0 saturated carbocycles. The average molecular weight is 506 g/mol. The quantitative estimate of drug-likeness (QED) is 0.183. The van der Waals surface area contributed by atoms with Crippen LogP contribution in [0.25, 0.3) is 16.5 Å². The largest absolute Gasteiger partial charge is 0.507 e. The van der Waals surface area contributed by atoms with Crippen molar-refractivity contribution in [3.8, 4) is 5.75 Å². The standard InChI is InChI=1S/C33H31NO4/c1-20-19-24(38-5)17-18-25(20)30(35)28-29(22-13-15-23(16-14-22)33(2,3)4)34(32(37)31(28)36)27-12-8-10-21-9-6-7-11-26(21)27/h6-19,29,35H,1-5H3/b30-28+. The minimum absolute atomic E-state index is 0.0593. The number of aliphatic hydroxyl groups excluding tert-OH is 1. The van der Waals surface area contributed by atoms with Crippen LogP contribution in [0.1, 0.15) is 49.1 Å². The van der Waals surface area contributed by atoms with Crippen LogP contribution in [0, 0.1) is 6.92 Å². The summed E-state index contributed by atoms with van der Waals surface area (Å²) in [4.78, 5) is 28.9. The Bertz CT molecular complexity index is 1590. The van der Waals surface area contributed by atoms with Gasteiger partial charge in [-0.3, -0.25) is 14.5 Å². The van der Waals surface area contributed by atoms with Crippen molar-refractivity contribution in [2.24, 2.45) is 0 Å². The topological polar surface area (TPSA) is 66.8 Å². The maximum Gasteiger partial charge on any atom is 0.300 e. The molecule has 0 aromatic heterocycles. The van der Waals surface area contributed by atoms with Gasteiger partial charge in [0.1, 0.15) is 11.5 Å². The van der Waals surface area contributed by atoms with Crippen LogP contribution in [0.5, 0.6) is 5.75 Å². The van der Waals surface area contributed by atoms with Gasteiger partial charge in [-0.15, -0.1) is 0 Å². The Morgan fingerprint density at radius 2 is 1.58 bits per heavy atom. The van der Waals surface area contributed by atoms with E-state index in [1.54, 1.807) is 25.3 Å². The second-order valence-corrected chi connectivity index (χ2v) is 10.7. The molecule has 1 N–H and O–H groups in total. The van der Waals surface area contributed by atoms with Crippen LogP contribution >= 0.6 is 0 Å². The molecule has 1 fully saturated rings. The van der Waals surface area contributed by atoms with Crippen molar-refractivity contribution in [3.63, 3.8) is 0 Å². The summed E-state index contributed by atoms with van der Waals surface area (Å²) in [6.07, 6.45) is 0. The van der Waals surface area contributed by atoms with E-state index in [0.29, 0.717) is 17.0 Å². The van der Waals surface area contributed by atoms with E-state index in [9.17, 15) is 14.7 Å². The highest BCUT2D eigenvalue weighted by molar-refractivity contribution is 6.52. The number of rotatable bonds is 4. The van der Waals surface area contributed by atoms with E-state index in [-0.39, 0.29) is 16.7 Å². The molecular weight excluding hydrogens is 474 g/mol. The van der Waals surface area contributed by atoms with E-state index < -0.39 is 17.7 Å². The molecule has 5 nitrogen and oxygen atoms in total. The van der Waals surface area contributed by atoms with E-state index in [4.69, 9.17) is 4.74 Å². The van der Waals surface area contributed by atoms with Crippen LogP contribution in [-0.2, 0) is 15.0 Å². The molecule has 0 radical (unpaired) electrons. The summed E-state index contributed by atoms with van der Waals surface area (Å²) >= 11 is 0. The van der Waals surface area contributed by atoms with Crippen LogP contribution in [-0.4, -0.2) is 23.9 Å². The number of ether oxygens (including phenoxy) is 1. The predicted molar refractivity (Wildman–Crippen MR) is 152 cm³/mol. The molecule has 1 aliphatic heterocycles. The summed E-state index contributed by atoms with van der Waals surface area (Å²) in [5.74, 6) is -0.935. The number of fused-ring (bicyclic) bond motifs is 1. The first-order valence-corrected chi connectivity index (χ1v) is 12.7. The first-order chi connectivity index (χ1) is 18.1. The van der Waals surface area contributed by atoms with Gasteiger partial charge in [0.15, 0.2) is 0 Å². The number of Topliss-reactive ketones (excluding diaryl/α,β-unsaturated/α-hetero) is 1. The molecular formula is C33H31NO4. The number of carbonyl (C=O) groups excluding carboxylic acids is 2. The van der Waals surface area contributed by atoms with Gasteiger partial charge in [0.2, 0.25) is 0 Å². The molecule has 1 atom stereocenters. The third-order valence-electron chi connectivity index (χ3n) is 7.25. The van der Waals surface area contributed by atoms with Crippen molar-refractivity contribution >= 4 is 33.9 Å². The van der Waals surface area contributed by atoms with Gasteiger partial charge in [-0.1, -0.05) is 81.4 Å². The number of nitrogens with zero attached hydrogens (tertiary/aromatic N) is 1. The predicted octanol–water partition coefficient (Wildman–Crippen LogP) is 7.08. The molecule has 5 heteroatoms. The fourth-order valence-electron chi connectivity index (χ4n) is 5.15. The van der Waals surface area contributed by atoms with Crippen molar-refractivity contribution in [2.45, 2.75) is 39.2 Å². The van der Waals surface area contributed by atoms with E-state index in [1.165, 1.54) is 4.90 Å². The number of aryl methyl sites for hydroxylation is 1. The van der Waals surface area contributed by atoms with Crippen molar-refractivity contribution in [1.82, 2.24) is 0 Å². The number of ketones is 1. The molecule has 1 aliphatic rings. The van der Waals surface area contributed by atoms with E-state index in [1.807, 2.05) is 73.7 Å². The monoisotopic (exact) mass is 505 g/mol. The van der Waals surface area contributed by atoms with Gasteiger partial charge in [0.25, 0.3) is 11.7 Å². The Morgan fingerprint density at radius 1 is 0.895 bits per heavy atom. The maximum absolute atomic E-state index is 13.7. The fourth-order valence-corrected chi connectivity index (χ4v) is 5.15. The minimum Gasteiger partial charge on any atom is -0.507 e. The summed E-state index contributed by atoms with van der Waals surface area (Å²) < 4.78 is 5.31. The van der Waals surface area contributed by atoms with Crippen LogP contribution in [0.2, 0.25) is 0 Å². The summed E-state index contributed by atoms with van der Waals surface area (Å²) in [7, 11) is 1.57. The molecule has 38 heavy (non-hydrogen) atoms. The van der Waals surface area contributed by atoms with Gasteiger partial charge >= 0.3 is 0 Å². The molecule has 1 saturated heterocycles. The normalized spacial score (nSPS) is 17.3. The summed E-state index contributed by atoms with van der Waals surface area (Å²) in [5, 5.41) is 13.4. The minimum atomic E-state index is -0.795. The number of anilines is 1. The summed E-state index contributed by atoms with van der Waals surface area (Å²) in [6.45, 7) is 8.25. The Hall–Kier alpha value is -4.38. The summed E-state index contributed by atoms with van der Waals surface area (Å²) in [6, 6.07) is 25.9.